The van der Waals surface area contributed by atoms with Crippen LogP contribution >= 0.6 is 0 Å². The molecule has 0 bridgehead atoms. The van der Waals surface area contributed by atoms with Gasteiger partial charge >= 0.3 is 0 Å². The van der Waals surface area contributed by atoms with Crippen LogP contribution in [-0.4, -0.2) is 47.4 Å². The average molecular weight is 145 g/mol. The first-order valence-corrected chi connectivity index (χ1v) is 3.19. The second-order valence-corrected chi connectivity index (χ2v) is 2.03. The summed E-state index contributed by atoms with van der Waals surface area (Å²) >= 11 is 0. The lowest BCUT2D eigenvalue weighted by atomic mass is 10.5. The molecule has 0 aromatic rings. The Hall–Kier alpha value is -0.810. The lowest BCUT2D eigenvalue weighted by Crippen LogP contribution is -2.38. The monoisotopic (exact) mass is 145 g/mol. The van der Waals surface area contributed by atoms with E-state index >= 15 is 0 Å². The molecule has 0 fully saturated rings. The van der Waals surface area contributed by atoms with E-state index in [-0.39, 0.29) is 6.61 Å². The Kier molecular flexibility index (Phi) is 2.47. The van der Waals surface area contributed by atoms with Crippen molar-refractivity contribution in [3.8, 4) is 0 Å². The summed E-state index contributed by atoms with van der Waals surface area (Å²) in [6, 6.07) is 0. The SMILES string of the molecule is OCCN1CCN=C1NO. The molecule has 0 aromatic carbocycles. The summed E-state index contributed by atoms with van der Waals surface area (Å²) in [5.41, 5.74) is 1.96. The molecule has 5 heteroatoms. The Labute approximate surface area is 58.9 Å². The first-order valence-electron chi connectivity index (χ1n) is 3.19. The minimum Gasteiger partial charge on any atom is -0.395 e. The van der Waals surface area contributed by atoms with Gasteiger partial charge in [-0.1, -0.05) is 0 Å². The van der Waals surface area contributed by atoms with E-state index in [0.29, 0.717) is 19.0 Å². The molecule has 1 rings (SSSR count). The van der Waals surface area contributed by atoms with Gasteiger partial charge in [-0.2, -0.15) is 0 Å². The van der Waals surface area contributed by atoms with Crippen LogP contribution in [0, 0.1) is 0 Å². The molecule has 0 aromatic heterocycles. The highest BCUT2D eigenvalue weighted by molar-refractivity contribution is 5.80. The fraction of sp³-hybridized carbons (Fsp3) is 0.800. The molecule has 0 spiro atoms. The number of hydrogen-bond acceptors (Lipinski definition) is 5. The lowest BCUT2D eigenvalue weighted by molar-refractivity contribution is 0.202. The molecular formula is C5H11N3O2. The number of aliphatic imine (C=N–C) groups is 1. The molecule has 1 heterocycles. The number of β-amino-alcohol motifs (C(OH)–C–C–N with tert-alkyl or cyclic N) is 1. The van der Waals surface area contributed by atoms with E-state index in [2.05, 4.69) is 4.99 Å². The minimum atomic E-state index is 0.0840. The number of guanidine groups is 1. The normalized spacial score (nSPS) is 17.4. The Bertz CT molecular complexity index is 137. The number of nitrogens with zero attached hydrogens (tertiary/aromatic N) is 2. The number of rotatable bonds is 2. The second-order valence-electron chi connectivity index (χ2n) is 2.03. The van der Waals surface area contributed by atoms with Gasteiger partial charge in [0.1, 0.15) is 0 Å². The van der Waals surface area contributed by atoms with E-state index < -0.39 is 0 Å². The van der Waals surface area contributed by atoms with Gasteiger partial charge in [0.05, 0.1) is 13.2 Å². The van der Waals surface area contributed by atoms with Crippen molar-refractivity contribution in [3.63, 3.8) is 0 Å². The zero-order chi connectivity index (χ0) is 7.40. The van der Waals surface area contributed by atoms with Gasteiger partial charge in [-0.3, -0.25) is 5.21 Å². The van der Waals surface area contributed by atoms with Crippen LogP contribution in [0.25, 0.3) is 0 Å². The van der Waals surface area contributed by atoms with Gasteiger partial charge in [-0.25, -0.2) is 10.5 Å². The maximum atomic E-state index is 8.53. The van der Waals surface area contributed by atoms with E-state index in [4.69, 9.17) is 10.3 Å². The summed E-state index contributed by atoms with van der Waals surface area (Å²) in [5.74, 6) is 0.453. The Morgan fingerprint density at radius 1 is 1.70 bits per heavy atom. The number of hydrogen-bond donors (Lipinski definition) is 3. The average Bonchev–Trinajstić information content (AvgIpc) is 2.36. The van der Waals surface area contributed by atoms with Gasteiger partial charge < -0.3 is 10.0 Å². The predicted octanol–water partition coefficient (Wildman–Crippen LogP) is -1.37. The van der Waals surface area contributed by atoms with Crippen LogP contribution in [0.1, 0.15) is 0 Å². The number of aliphatic hydroxyl groups is 1. The summed E-state index contributed by atoms with van der Waals surface area (Å²) in [7, 11) is 0. The topological polar surface area (TPSA) is 68.1 Å². The molecule has 0 aliphatic carbocycles. The Balaban J connectivity index is 2.38. The molecular weight excluding hydrogens is 134 g/mol. The summed E-state index contributed by atoms with van der Waals surface area (Å²) in [5, 5.41) is 17.0. The highest BCUT2D eigenvalue weighted by Gasteiger charge is 2.14. The Morgan fingerprint density at radius 3 is 3.10 bits per heavy atom. The largest absolute Gasteiger partial charge is 0.395 e. The molecule has 0 unspecified atom stereocenters. The maximum absolute atomic E-state index is 8.53. The van der Waals surface area contributed by atoms with E-state index in [1.807, 2.05) is 5.48 Å². The quantitative estimate of drug-likeness (QED) is 0.419. The van der Waals surface area contributed by atoms with Gasteiger partial charge in [0.25, 0.3) is 0 Å². The molecule has 0 atom stereocenters. The van der Waals surface area contributed by atoms with Gasteiger partial charge in [0.2, 0.25) is 5.96 Å². The van der Waals surface area contributed by atoms with Crippen LogP contribution in [0.3, 0.4) is 0 Å². The Morgan fingerprint density at radius 2 is 2.50 bits per heavy atom. The van der Waals surface area contributed by atoms with Crippen LogP contribution in [0.4, 0.5) is 0 Å². The first-order chi connectivity index (χ1) is 4.88. The molecule has 5 nitrogen and oxygen atoms in total. The summed E-state index contributed by atoms with van der Waals surface area (Å²) in [4.78, 5) is 5.70. The highest BCUT2D eigenvalue weighted by atomic mass is 16.5. The van der Waals surface area contributed by atoms with Crippen molar-refractivity contribution in [1.29, 1.82) is 0 Å². The molecule has 3 N–H and O–H groups in total. The molecule has 0 saturated carbocycles. The molecule has 1 aliphatic rings. The molecule has 10 heavy (non-hydrogen) atoms. The van der Waals surface area contributed by atoms with Crippen molar-refractivity contribution in [1.82, 2.24) is 10.4 Å². The van der Waals surface area contributed by atoms with Crippen LogP contribution in [0.15, 0.2) is 4.99 Å². The standard InChI is InChI=1S/C5H11N3O2/c9-4-3-8-2-1-6-5(8)7-10/h9-10H,1-4H2,(H,6,7). The molecule has 0 amide bonds. The van der Waals surface area contributed by atoms with Crippen LogP contribution in [0.5, 0.6) is 0 Å². The molecule has 0 radical (unpaired) electrons. The zero-order valence-electron chi connectivity index (χ0n) is 5.62. The number of nitrogens with one attached hydrogen (secondary N) is 1. The predicted molar refractivity (Wildman–Crippen MR) is 35.9 cm³/mol. The summed E-state index contributed by atoms with van der Waals surface area (Å²) < 4.78 is 0. The fourth-order valence-corrected chi connectivity index (χ4v) is 0.927. The van der Waals surface area contributed by atoms with Crippen LogP contribution < -0.4 is 5.48 Å². The molecule has 1 aliphatic heterocycles. The minimum absolute atomic E-state index is 0.0840. The van der Waals surface area contributed by atoms with Crippen LogP contribution in [-0.2, 0) is 0 Å². The molecule has 0 saturated heterocycles. The van der Waals surface area contributed by atoms with Crippen molar-refractivity contribution < 1.29 is 10.3 Å². The van der Waals surface area contributed by atoms with Crippen molar-refractivity contribution >= 4 is 5.96 Å². The van der Waals surface area contributed by atoms with Gasteiger partial charge in [0.15, 0.2) is 0 Å². The van der Waals surface area contributed by atoms with E-state index in [9.17, 15) is 0 Å². The van der Waals surface area contributed by atoms with Gasteiger partial charge in [-0.15, -0.1) is 0 Å². The van der Waals surface area contributed by atoms with Crippen molar-refractivity contribution in [3.05, 3.63) is 0 Å². The first kappa shape index (κ1) is 7.30. The van der Waals surface area contributed by atoms with E-state index in [1.165, 1.54) is 0 Å². The number of aliphatic hydroxyl groups excluding tert-OH is 1. The third-order valence-corrected chi connectivity index (χ3v) is 1.40. The van der Waals surface area contributed by atoms with Crippen molar-refractivity contribution in [2.45, 2.75) is 0 Å². The third kappa shape index (κ3) is 1.37. The summed E-state index contributed by atoms with van der Waals surface area (Å²) in [6.07, 6.45) is 0. The van der Waals surface area contributed by atoms with Crippen LogP contribution in [0.2, 0.25) is 0 Å². The summed E-state index contributed by atoms with van der Waals surface area (Å²) in [6.45, 7) is 2.05. The smallest absolute Gasteiger partial charge is 0.218 e. The van der Waals surface area contributed by atoms with Gasteiger partial charge in [-0.05, 0) is 0 Å². The van der Waals surface area contributed by atoms with Gasteiger partial charge in [0, 0.05) is 13.1 Å². The van der Waals surface area contributed by atoms with E-state index in [0.717, 1.165) is 6.54 Å². The van der Waals surface area contributed by atoms with E-state index in [1.54, 1.807) is 4.90 Å². The number of hydroxylamine groups is 1. The lowest BCUT2D eigenvalue weighted by Gasteiger charge is -2.16. The van der Waals surface area contributed by atoms with Crippen molar-refractivity contribution in [2.75, 3.05) is 26.2 Å². The molecule has 58 valence electrons. The highest BCUT2D eigenvalue weighted by Crippen LogP contribution is 1.96. The second kappa shape index (κ2) is 3.38. The van der Waals surface area contributed by atoms with Crippen molar-refractivity contribution in [2.24, 2.45) is 4.99 Å². The fourth-order valence-electron chi connectivity index (χ4n) is 0.927. The maximum Gasteiger partial charge on any atom is 0.218 e. The third-order valence-electron chi connectivity index (χ3n) is 1.40. The zero-order valence-corrected chi connectivity index (χ0v) is 5.62.